The second-order valence-electron chi connectivity index (χ2n) is 14.1. The molecule has 0 saturated heterocycles. The topological polar surface area (TPSA) is 65.0 Å². The zero-order valence-corrected chi connectivity index (χ0v) is 30.1. The minimum absolute atomic E-state index is 0.646. The van der Waals surface area contributed by atoms with Crippen LogP contribution in [0.2, 0.25) is 0 Å². The van der Waals surface area contributed by atoms with Crippen molar-refractivity contribution in [1.82, 2.24) is 15.0 Å². The highest BCUT2D eigenvalue weighted by Crippen LogP contribution is 2.39. The Morgan fingerprint density at radius 2 is 0.732 bits per heavy atom. The first kappa shape index (κ1) is 31.9. The zero-order chi connectivity index (χ0) is 37.0. The number of rotatable bonds is 6. The van der Waals surface area contributed by atoms with Gasteiger partial charge >= 0.3 is 0 Å². The van der Waals surface area contributed by atoms with E-state index >= 15 is 0 Å². The maximum absolute atomic E-state index is 6.21. The number of benzene rings is 7. The Hall–Kier alpha value is -7.63. The Kier molecular flexibility index (Phi) is 7.42. The van der Waals surface area contributed by atoms with Crippen LogP contribution in [0.25, 0.3) is 111 Å². The van der Waals surface area contributed by atoms with Crippen molar-refractivity contribution in [2.45, 2.75) is 0 Å². The van der Waals surface area contributed by atoms with E-state index in [9.17, 15) is 0 Å². The van der Waals surface area contributed by atoms with E-state index in [1.54, 1.807) is 0 Å². The molecule has 4 aromatic heterocycles. The first-order chi connectivity index (χ1) is 27.7. The third-order valence-electron chi connectivity index (χ3n) is 10.6. The van der Waals surface area contributed by atoms with Crippen molar-refractivity contribution in [2.75, 3.05) is 0 Å². The average molecular weight is 718 g/mol. The van der Waals surface area contributed by atoms with Crippen molar-refractivity contribution >= 4 is 43.9 Å². The molecule has 0 spiro atoms. The second kappa shape index (κ2) is 13.0. The first-order valence-electron chi connectivity index (χ1n) is 18.6. The molecule has 0 aliphatic heterocycles. The van der Waals surface area contributed by atoms with Crippen LogP contribution in [0.3, 0.4) is 0 Å². The first-order valence-corrected chi connectivity index (χ1v) is 18.6. The fraction of sp³-hybridized carbons (Fsp3) is 0. The second-order valence-corrected chi connectivity index (χ2v) is 14.1. The van der Waals surface area contributed by atoms with Gasteiger partial charge in [-0.3, -0.25) is 4.98 Å². The molecule has 0 aliphatic carbocycles. The van der Waals surface area contributed by atoms with Crippen molar-refractivity contribution in [1.29, 1.82) is 0 Å². The lowest BCUT2D eigenvalue weighted by Gasteiger charge is -2.13. The summed E-state index contributed by atoms with van der Waals surface area (Å²) in [5.74, 6) is 0.646. The third-order valence-corrected chi connectivity index (χ3v) is 10.6. The van der Waals surface area contributed by atoms with Crippen molar-refractivity contribution in [3.8, 4) is 67.3 Å². The van der Waals surface area contributed by atoms with Gasteiger partial charge in [0.2, 0.25) is 0 Å². The van der Waals surface area contributed by atoms with Crippen LogP contribution in [-0.2, 0) is 0 Å². The Labute approximate surface area is 322 Å². The number of fused-ring (bicyclic) bond motifs is 6. The van der Waals surface area contributed by atoms with Crippen molar-refractivity contribution < 1.29 is 8.83 Å². The van der Waals surface area contributed by atoms with Gasteiger partial charge in [-0.2, -0.15) is 0 Å². The lowest BCUT2D eigenvalue weighted by atomic mass is 9.94. The minimum Gasteiger partial charge on any atom is -0.456 e. The van der Waals surface area contributed by atoms with Crippen molar-refractivity contribution in [3.63, 3.8) is 0 Å². The normalized spacial score (nSPS) is 11.6. The van der Waals surface area contributed by atoms with E-state index in [1.807, 2.05) is 67.0 Å². The number of hydrogen-bond donors (Lipinski definition) is 0. The fourth-order valence-corrected chi connectivity index (χ4v) is 7.76. The number of pyridine rings is 1. The maximum atomic E-state index is 6.21. The van der Waals surface area contributed by atoms with Gasteiger partial charge in [0.1, 0.15) is 22.3 Å². The summed E-state index contributed by atoms with van der Waals surface area (Å²) in [6.45, 7) is 0. The number of furan rings is 2. The average Bonchev–Trinajstić information content (AvgIpc) is 3.84. The van der Waals surface area contributed by atoms with E-state index in [-0.39, 0.29) is 0 Å². The molecule has 11 aromatic rings. The molecule has 0 aliphatic rings. The van der Waals surface area contributed by atoms with E-state index in [0.717, 1.165) is 105 Å². The largest absolute Gasteiger partial charge is 0.456 e. The summed E-state index contributed by atoms with van der Waals surface area (Å²) in [6.07, 6.45) is 3.64. The van der Waals surface area contributed by atoms with Gasteiger partial charge in [-0.1, -0.05) is 103 Å². The molecule has 0 N–H and O–H groups in total. The summed E-state index contributed by atoms with van der Waals surface area (Å²) in [5, 5.41) is 4.35. The summed E-state index contributed by atoms with van der Waals surface area (Å²) in [7, 11) is 0. The molecule has 0 unspecified atom stereocenters. The van der Waals surface area contributed by atoms with Crippen LogP contribution in [0.15, 0.2) is 197 Å². The van der Waals surface area contributed by atoms with Crippen molar-refractivity contribution in [3.05, 3.63) is 188 Å². The standard InChI is InChI=1S/C51H31N3O2/c1-2-8-34(9-3-1)45-31-46(35-16-14-32(15-17-35)33-22-24-52-25-23-33)54-51(53-45)40-27-38(36-18-20-49-43(29-36)41-10-4-6-12-47(41)55-49)26-39(28-40)37-19-21-50-44(30-37)42-11-5-7-13-48(42)56-50/h1-31H. The van der Waals surface area contributed by atoms with Gasteiger partial charge in [0, 0.05) is 50.6 Å². The van der Waals surface area contributed by atoms with Crippen LogP contribution in [0.5, 0.6) is 0 Å². The predicted octanol–water partition coefficient (Wildman–Crippen LogP) is 13.7. The monoisotopic (exact) mass is 717 g/mol. The molecule has 5 heteroatoms. The third kappa shape index (κ3) is 5.62. The van der Waals surface area contributed by atoms with E-state index in [4.69, 9.17) is 18.8 Å². The Morgan fingerprint density at radius 3 is 1.32 bits per heavy atom. The molecular weight excluding hydrogens is 687 g/mol. The predicted molar refractivity (Wildman–Crippen MR) is 227 cm³/mol. The van der Waals surface area contributed by atoms with Crippen LogP contribution in [0, 0.1) is 0 Å². The quantitative estimate of drug-likeness (QED) is 0.171. The molecule has 7 aromatic carbocycles. The summed E-state index contributed by atoms with van der Waals surface area (Å²) in [5.41, 5.74) is 14.6. The highest BCUT2D eigenvalue weighted by Gasteiger charge is 2.16. The van der Waals surface area contributed by atoms with Crippen LogP contribution < -0.4 is 0 Å². The van der Waals surface area contributed by atoms with E-state index < -0.39 is 0 Å². The Balaban J connectivity index is 1.11. The highest BCUT2D eigenvalue weighted by molar-refractivity contribution is 6.07. The molecule has 4 heterocycles. The summed E-state index contributed by atoms with van der Waals surface area (Å²) in [6, 6.07) is 60.9. The number of hydrogen-bond acceptors (Lipinski definition) is 5. The molecule has 0 radical (unpaired) electrons. The van der Waals surface area contributed by atoms with Gasteiger partial charge in [0.15, 0.2) is 5.82 Å². The smallest absolute Gasteiger partial charge is 0.160 e. The van der Waals surface area contributed by atoms with Gasteiger partial charge in [0.05, 0.1) is 11.4 Å². The molecule has 262 valence electrons. The molecule has 5 nitrogen and oxygen atoms in total. The van der Waals surface area contributed by atoms with Gasteiger partial charge < -0.3 is 8.83 Å². The van der Waals surface area contributed by atoms with E-state index in [2.05, 4.69) is 126 Å². The van der Waals surface area contributed by atoms with Crippen molar-refractivity contribution in [2.24, 2.45) is 0 Å². The van der Waals surface area contributed by atoms with Crippen LogP contribution in [0.1, 0.15) is 0 Å². The molecule has 0 bridgehead atoms. The fourth-order valence-electron chi connectivity index (χ4n) is 7.76. The highest BCUT2D eigenvalue weighted by atomic mass is 16.3. The molecule has 0 atom stereocenters. The number of para-hydroxylation sites is 2. The minimum atomic E-state index is 0.646. The van der Waals surface area contributed by atoms with Crippen LogP contribution in [-0.4, -0.2) is 15.0 Å². The number of aromatic nitrogens is 3. The zero-order valence-electron chi connectivity index (χ0n) is 30.1. The van der Waals surface area contributed by atoms with Gasteiger partial charge in [-0.15, -0.1) is 0 Å². The van der Waals surface area contributed by atoms with Gasteiger partial charge in [-0.25, -0.2) is 9.97 Å². The SMILES string of the molecule is c1ccc(-c2cc(-c3ccc(-c4ccncc4)cc3)nc(-c3cc(-c4ccc5oc6ccccc6c5c4)cc(-c4ccc5oc6ccccc6c5c4)c3)n2)cc1. The molecule has 56 heavy (non-hydrogen) atoms. The molecule has 0 amide bonds. The molecule has 0 saturated carbocycles. The number of nitrogens with zero attached hydrogens (tertiary/aromatic N) is 3. The van der Waals surface area contributed by atoms with E-state index in [0.29, 0.717) is 5.82 Å². The Morgan fingerprint density at radius 1 is 0.286 bits per heavy atom. The Bertz CT molecular complexity index is 3110. The molecular formula is C51H31N3O2. The lowest BCUT2D eigenvalue weighted by molar-refractivity contribution is 0.668. The summed E-state index contributed by atoms with van der Waals surface area (Å²) >= 11 is 0. The maximum Gasteiger partial charge on any atom is 0.160 e. The summed E-state index contributed by atoms with van der Waals surface area (Å²) < 4.78 is 12.4. The summed E-state index contributed by atoms with van der Waals surface area (Å²) in [4.78, 5) is 14.7. The lowest BCUT2D eigenvalue weighted by Crippen LogP contribution is -1.97. The van der Waals surface area contributed by atoms with E-state index in [1.165, 1.54) is 0 Å². The van der Waals surface area contributed by atoms with Gasteiger partial charge in [-0.05, 0) is 106 Å². The van der Waals surface area contributed by atoms with Crippen LogP contribution in [0.4, 0.5) is 0 Å². The van der Waals surface area contributed by atoms with Gasteiger partial charge in [0.25, 0.3) is 0 Å². The molecule has 11 rings (SSSR count). The molecule has 0 fully saturated rings. The van der Waals surface area contributed by atoms with Crippen LogP contribution >= 0.6 is 0 Å².